The molecule has 210 valence electrons. The largest absolute Gasteiger partial charge is 0.496 e. The molecule has 2 fully saturated rings. The Kier molecular flexibility index (Phi) is 6.82. The van der Waals surface area contributed by atoms with Gasteiger partial charge in [-0.15, -0.1) is 0 Å². The van der Waals surface area contributed by atoms with Crippen molar-refractivity contribution in [2.75, 3.05) is 12.0 Å². The number of nitrogens with zero attached hydrogens (tertiary/aromatic N) is 3. The van der Waals surface area contributed by atoms with Crippen molar-refractivity contribution in [2.45, 2.75) is 12.1 Å². The first-order chi connectivity index (χ1) is 20.2. The van der Waals surface area contributed by atoms with Gasteiger partial charge in [0.25, 0.3) is 5.69 Å². The van der Waals surface area contributed by atoms with Gasteiger partial charge in [0.2, 0.25) is 11.8 Å². The summed E-state index contributed by atoms with van der Waals surface area (Å²) in [6, 6.07) is 16.8. The summed E-state index contributed by atoms with van der Waals surface area (Å²) in [6.07, 6.45) is 4.85. The Labute approximate surface area is 248 Å². The van der Waals surface area contributed by atoms with Crippen LogP contribution in [0.15, 0.2) is 101 Å². The summed E-state index contributed by atoms with van der Waals surface area (Å²) in [5.41, 5.74) is 1.10. The fourth-order valence-electron chi connectivity index (χ4n) is 5.92. The van der Waals surface area contributed by atoms with Crippen LogP contribution in [0.25, 0.3) is 0 Å². The second-order valence-electron chi connectivity index (χ2n) is 10.1. The Morgan fingerprint density at radius 3 is 2.26 bits per heavy atom. The van der Waals surface area contributed by atoms with Crippen LogP contribution in [-0.2, 0) is 9.59 Å². The Hall–Kier alpha value is -4.90. The van der Waals surface area contributed by atoms with E-state index in [0.717, 1.165) is 4.90 Å². The van der Waals surface area contributed by atoms with E-state index in [2.05, 4.69) is 15.9 Å². The average molecular weight is 628 g/mol. The number of nitro groups is 1. The minimum absolute atomic E-state index is 0.172. The Morgan fingerprint density at radius 1 is 0.929 bits per heavy atom. The molecule has 42 heavy (non-hydrogen) atoms. The molecule has 0 radical (unpaired) electrons. The maximum atomic E-state index is 14.1. The molecule has 3 aromatic rings. The molecule has 0 bridgehead atoms. The van der Waals surface area contributed by atoms with Crippen LogP contribution in [-0.4, -0.2) is 52.4 Å². The van der Waals surface area contributed by atoms with Gasteiger partial charge in [0, 0.05) is 35.0 Å². The SMILES string of the molecule is COc1ccc(C(=O)C2C3C(=O)N(c4ccc([N+](=O)[O-])cc4)C(=O)C3C3C=C(C(=O)c4ccccc4)C=CN32)cc1Br. The van der Waals surface area contributed by atoms with Crippen LogP contribution in [0.5, 0.6) is 5.75 Å². The van der Waals surface area contributed by atoms with E-state index < -0.39 is 40.7 Å². The van der Waals surface area contributed by atoms with E-state index in [9.17, 15) is 29.3 Å². The van der Waals surface area contributed by atoms with Crippen LogP contribution in [0, 0.1) is 22.0 Å². The number of methoxy groups -OCH3 is 1. The number of benzene rings is 3. The lowest BCUT2D eigenvalue weighted by atomic mass is 9.85. The molecule has 4 unspecified atom stereocenters. The highest BCUT2D eigenvalue weighted by atomic mass is 79.9. The zero-order chi connectivity index (χ0) is 29.7. The molecule has 2 saturated heterocycles. The lowest BCUT2D eigenvalue weighted by molar-refractivity contribution is -0.384. The fraction of sp³-hybridized carbons (Fsp3) is 0.161. The molecule has 0 spiro atoms. The maximum absolute atomic E-state index is 14.1. The molecular weight excluding hydrogens is 606 g/mol. The predicted molar refractivity (Wildman–Crippen MR) is 155 cm³/mol. The van der Waals surface area contributed by atoms with Crippen molar-refractivity contribution in [3.63, 3.8) is 0 Å². The predicted octanol–water partition coefficient (Wildman–Crippen LogP) is 4.74. The van der Waals surface area contributed by atoms with Crippen LogP contribution >= 0.6 is 15.9 Å². The second kappa shape index (κ2) is 10.5. The maximum Gasteiger partial charge on any atom is 0.269 e. The number of amides is 2. The third-order valence-electron chi connectivity index (χ3n) is 7.87. The molecular formula is C31H22BrN3O7. The summed E-state index contributed by atoms with van der Waals surface area (Å²) in [6.45, 7) is 0. The number of rotatable bonds is 7. The van der Waals surface area contributed by atoms with Gasteiger partial charge in [-0.05, 0) is 52.3 Å². The van der Waals surface area contributed by atoms with Gasteiger partial charge in [-0.1, -0.05) is 36.4 Å². The van der Waals surface area contributed by atoms with Crippen LogP contribution < -0.4 is 9.64 Å². The minimum atomic E-state index is -1.06. The zero-order valence-corrected chi connectivity index (χ0v) is 23.6. The van der Waals surface area contributed by atoms with Crippen molar-refractivity contribution >= 4 is 50.7 Å². The molecule has 11 heteroatoms. The van der Waals surface area contributed by atoms with E-state index in [0.29, 0.717) is 26.9 Å². The Morgan fingerprint density at radius 2 is 1.62 bits per heavy atom. The van der Waals surface area contributed by atoms with E-state index in [-0.39, 0.29) is 22.9 Å². The van der Waals surface area contributed by atoms with E-state index in [1.807, 2.05) is 0 Å². The average Bonchev–Trinajstić information content (AvgIpc) is 3.48. The quantitative estimate of drug-likeness (QED) is 0.159. The number of ketones is 2. The lowest BCUT2D eigenvalue weighted by Crippen LogP contribution is -2.46. The molecule has 4 atom stereocenters. The number of carbonyl (C=O) groups excluding carboxylic acids is 4. The van der Waals surface area contributed by atoms with Gasteiger partial charge in [-0.25, -0.2) is 4.90 Å². The Bertz CT molecular complexity index is 1720. The summed E-state index contributed by atoms with van der Waals surface area (Å²) < 4.78 is 5.83. The van der Waals surface area contributed by atoms with Gasteiger partial charge in [0.05, 0.1) is 40.1 Å². The highest BCUT2D eigenvalue weighted by molar-refractivity contribution is 9.10. The monoisotopic (exact) mass is 627 g/mol. The summed E-state index contributed by atoms with van der Waals surface area (Å²) in [5, 5.41) is 11.1. The van der Waals surface area contributed by atoms with E-state index >= 15 is 0 Å². The van der Waals surface area contributed by atoms with Crippen LogP contribution in [0.3, 0.4) is 0 Å². The van der Waals surface area contributed by atoms with Gasteiger partial charge >= 0.3 is 0 Å². The smallest absolute Gasteiger partial charge is 0.269 e. The van der Waals surface area contributed by atoms with Gasteiger partial charge < -0.3 is 9.64 Å². The van der Waals surface area contributed by atoms with Gasteiger partial charge in [-0.3, -0.25) is 29.3 Å². The zero-order valence-electron chi connectivity index (χ0n) is 22.0. The van der Waals surface area contributed by atoms with Crippen LogP contribution in [0.1, 0.15) is 20.7 Å². The third kappa shape index (κ3) is 4.33. The third-order valence-corrected chi connectivity index (χ3v) is 8.49. The number of nitro benzene ring substituents is 1. The number of fused-ring (bicyclic) bond motifs is 3. The highest BCUT2D eigenvalue weighted by Crippen LogP contribution is 2.47. The molecule has 0 saturated carbocycles. The Balaban J connectivity index is 1.42. The van der Waals surface area contributed by atoms with Crippen LogP contribution in [0.2, 0.25) is 0 Å². The number of halogens is 1. The fourth-order valence-corrected chi connectivity index (χ4v) is 6.46. The first-order valence-electron chi connectivity index (χ1n) is 13.0. The first kappa shape index (κ1) is 27.3. The summed E-state index contributed by atoms with van der Waals surface area (Å²) >= 11 is 3.40. The number of Topliss-reactive ketones (excluding diaryl/α,β-unsaturated/α-hetero) is 2. The minimum Gasteiger partial charge on any atom is -0.496 e. The van der Waals surface area contributed by atoms with Crippen molar-refractivity contribution < 1.29 is 28.8 Å². The summed E-state index contributed by atoms with van der Waals surface area (Å²) in [7, 11) is 1.50. The van der Waals surface area contributed by atoms with Gasteiger partial charge in [-0.2, -0.15) is 0 Å². The second-order valence-corrected chi connectivity index (χ2v) is 10.9. The van der Waals surface area contributed by atoms with Crippen molar-refractivity contribution in [2.24, 2.45) is 11.8 Å². The standard InChI is InChI=1S/C31H22BrN3O7/c1-42-24-12-7-18(15-22(24)32)29(37)27-26-25(30(38)34(31(26)39)20-8-10-21(11-9-20)35(40)41)23-16-19(13-14-33(23)27)28(36)17-5-3-2-4-6-17/h2-16,23,25-27H,1H3. The molecule has 2 amide bonds. The van der Waals surface area contributed by atoms with Crippen molar-refractivity contribution in [3.05, 3.63) is 122 Å². The molecule has 0 N–H and O–H groups in total. The van der Waals surface area contributed by atoms with E-state index in [1.54, 1.807) is 71.8 Å². The molecule has 3 aromatic carbocycles. The normalized spacial score (nSPS) is 22.5. The number of hydrogen-bond acceptors (Lipinski definition) is 8. The summed E-state index contributed by atoms with van der Waals surface area (Å²) in [4.78, 5) is 68.5. The van der Waals surface area contributed by atoms with Crippen molar-refractivity contribution in [3.8, 4) is 5.75 Å². The van der Waals surface area contributed by atoms with Gasteiger partial charge in [0.15, 0.2) is 11.6 Å². The van der Waals surface area contributed by atoms with E-state index in [1.165, 1.54) is 31.4 Å². The molecule has 0 aromatic heterocycles. The van der Waals surface area contributed by atoms with Crippen molar-refractivity contribution in [1.29, 1.82) is 0 Å². The summed E-state index contributed by atoms with van der Waals surface area (Å²) in [5.74, 6) is -3.26. The number of non-ortho nitro benzene ring substituents is 1. The highest BCUT2D eigenvalue weighted by Gasteiger charge is 2.63. The molecule has 6 rings (SSSR count). The topological polar surface area (TPSA) is 127 Å². The molecule has 3 heterocycles. The van der Waals surface area contributed by atoms with Crippen LogP contribution in [0.4, 0.5) is 11.4 Å². The number of allylic oxidation sites excluding steroid dienone is 2. The number of imide groups is 1. The molecule has 0 aliphatic carbocycles. The number of carbonyl (C=O) groups is 4. The number of hydrogen-bond donors (Lipinski definition) is 0. The first-order valence-corrected chi connectivity index (χ1v) is 13.8. The molecule has 10 nitrogen and oxygen atoms in total. The van der Waals surface area contributed by atoms with E-state index in [4.69, 9.17) is 4.74 Å². The number of anilines is 1. The van der Waals surface area contributed by atoms with Crippen molar-refractivity contribution in [1.82, 2.24) is 4.90 Å². The number of ether oxygens (including phenoxy) is 1. The lowest BCUT2D eigenvalue weighted by Gasteiger charge is -2.32. The molecule has 3 aliphatic rings. The van der Waals surface area contributed by atoms with Gasteiger partial charge in [0.1, 0.15) is 11.8 Å². The molecule has 3 aliphatic heterocycles.